The van der Waals surface area contributed by atoms with Crippen LogP contribution in [-0.2, 0) is 65.4 Å². The number of carbonyl (C=O) groups excluding carboxylic acids is 4. The van der Waals surface area contributed by atoms with E-state index in [-0.39, 0.29) is 25.7 Å². The summed E-state index contributed by atoms with van der Waals surface area (Å²) in [5.74, 6) is -1.28. The van der Waals surface area contributed by atoms with Crippen LogP contribution in [0.15, 0.2) is 0 Å². The highest BCUT2D eigenvalue weighted by atomic mass is 31.2. The minimum atomic E-state index is -4.95. The first kappa shape index (κ1) is 86.1. The summed E-state index contributed by atoms with van der Waals surface area (Å²) < 4.78 is 68.1. The Balaban J connectivity index is 5.18. The van der Waals surface area contributed by atoms with Crippen molar-refractivity contribution < 1.29 is 80.2 Å². The van der Waals surface area contributed by atoms with Gasteiger partial charge in [-0.3, -0.25) is 37.3 Å². The molecule has 0 rings (SSSR count). The van der Waals surface area contributed by atoms with Crippen LogP contribution in [0.4, 0.5) is 0 Å². The van der Waals surface area contributed by atoms with Gasteiger partial charge in [0, 0.05) is 25.7 Å². The van der Waals surface area contributed by atoms with Gasteiger partial charge in [-0.2, -0.15) is 0 Å². The number of unbranched alkanes of at least 4 members (excludes halogenated alkanes) is 40. The average Bonchev–Trinajstić information content (AvgIpc) is 3.72. The number of hydrogen-bond donors (Lipinski definition) is 3. The fourth-order valence-corrected chi connectivity index (χ4v) is 12.0. The minimum absolute atomic E-state index is 0.106. The third-order valence-corrected chi connectivity index (χ3v) is 18.3. The molecule has 88 heavy (non-hydrogen) atoms. The maximum atomic E-state index is 13.0. The van der Waals surface area contributed by atoms with E-state index in [4.69, 9.17) is 37.0 Å². The lowest BCUT2D eigenvalue weighted by Crippen LogP contribution is -2.30. The van der Waals surface area contributed by atoms with Gasteiger partial charge in [-0.05, 0) is 31.6 Å². The van der Waals surface area contributed by atoms with E-state index in [9.17, 15) is 43.2 Å². The molecule has 0 spiro atoms. The van der Waals surface area contributed by atoms with Crippen LogP contribution in [0.25, 0.3) is 0 Å². The summed E-state index contributed by atoms with van der Waals surface area (Å²) in [5.41, 5.74) is 0. The first-order chi connectivity index (χ1) is 42.6. The van der Waals surface area contributed by atoms with Crippen LogP contribution in [-0.4, -0.2) is 96.7 Å². The van der Waals surface area contributed by atoms with Crippen molar-refractivity contribution in [3.8, 4) is 0 Å². The molecule has 0 amide bonds. The van der Waals surface area contributed by atoms with Gasteiger partial charge in [0.05, 0.1) is 26.4 Å². The summed E-state index contributed by atoms with van der Waals surface area (Å²) in [4.78, 5) is 72.3. The van der Waals surface area contributed by atoms with Crippen molar-refractivity contribution in [3.63, 3.8) is 0 Å². The first-order valence-corrected chi connectivity index (χ1v) is 39.2. The molecule has 0 aromatic heterocycles. The highest BCUT2D eigenvalue weighted by Gasteiger charge is 2.30. The maximum Gasteiger partial charge on any atom is 0.472 e. The third-order valence-electron chi connectivity index (χ3n) is 16.4. The molecule has 0 aromatic rings. The lowest BCUT2D eigenvalue weighted by Gasteiger charge is -2.21. The van der Waals surface area contributed by atoms with Gasteiger partial charge in [0.25, 0.3) is 0 Å². The zero-order chi connectivity index (χ0) is 64.9. The molecule has 6 atom stereocenters. The first-order valence-electron chi connectivity index (χ1n) is 36.2. The highest BCUT2D eigenvalue weighted by molar-refractivity contribution is 7.47. The van der Waals surface area contributed by atoms with Gasteiger partial charge in [0.15, 0.2) is 12.2 Å². The summed E-state index contributed by atoms with van der Waals surface area (Å²) in [6, 6.07) is 0. The van der Waals surface area contributed by atoms with Crippen molar-refractivity contribution in [2.24, 2.45) is 5.92 Å². The van der Waals surface area contributed by atoms with Crippen molar-refractivity contribution in [2.45, 2.75) is 374 Å². The van der Waals surface area contributed by atoms with Crippen molar-refractivity contribution in [1.29, 1.82) is 0 Å². The minimum Gasteiger partial charge on any atom is -0.462 e. The molecule has 3 unspecified atom stereocenters. The van der Waals surface area contributed by atoms with Crippen molar-refractivity contribution in [3.05, 3.63) is 0 Å². The lowest BCUT2D eigenvalue weighted by atomic mass is 9.99. The molecule has 3 N–H and O–H groups in total. The second-order valence-electron chi connectivity index (χ2n) is 25.2. The van der Waals surface area contributed by atoms with E-state index in [0.29, 0.717) is 25.7 Å². The molecular formula is C69H134O17P2. The third kappa shape index (κ3) is 61.6. The van der Waals surface area contributed by atoms with Crippen LogP contribution >= 0.6 is 15.6 Å². The number of aliphatic hydroxyl groups is 1. The molecule has 0 aromatic carbocycles. The Morgan fingerprint density at radius 2 is 0.545 bits per heavy atom. The lowest BCUT2D eigenvalue weighted by molar-refractivity contribution is -0.161. The number of hydrogen-bond acceptors (Lipinski definition) is 15. The van der Waals surface area contributed by atoms with Crippen LogP contribution < -0.4 is 0 Å². The average molecular weight is 1300 g/mol. The number of rotatable bonds is 69. The molecule has 17 nitrogen and oxygen atoms in total. The monoisotopic (exact) mass is 1300 g/mol. The number of carbonyl (C=O) groups is 4. The standard InChI is InChI=1S/C69H134O17P2/c1-6-10-13-16-19-21-22-23-27-30-34-38-43-48-53-67(72)80-59-65(86-69(74)55-50-45-40-35-31-28-25-24-26-29-33-37-41-46-51-62(5)9-4)61-84-88(77,78)82-57-63(70)56-81-87(75,76)83-60-64(58-79-66(71)52-47-42-36-18-15-12-8-3)85-68(73)54-49-44-39-32-20-17-14-11-7-2/h62-65,70H,6-61H2,1-5H3,(H,75,76)(H,77,78)/t62?,63-,64+,65+/m0/s1. The van der Waals surface area contributed by atoms with Crippen LogP contribution in [0.2, 0.25) is 0 Å². The van der Waals surface area contributed by atoms with Crippen LogP contribution in [0.5, 0.6) is 0 Å². The van der Waals surface area contributed by atoms with E-state index in [1.165, 1.54) is 167 Å². The van der Waals surface area contributed by atoms with Gasteiger partial charge in [0.1, 0.15) is 19.3 Å². The highest BCUT2D eigenvalue weighted by Crippen LogP contribution is 2.45. The summed E-state index contributed by atoms with van der Waals surface area (Å²) in [7, 11) is -9.89. The van der Waals surface area contributed by atoms with E-state index >= 15 is 0 Å². The largest absolute Gasteiger partial charge is 0.472 e. The molecule has 0 saturated carbocycles. The predicted octanol–water partition coefficient (Wildman–Crippen LogP) is 19.7. The molecule has 0 saturated heterocycles. The van der Waals surface area contributed by atoms with Gasteiger partial charge in [-0.25, -0.2) is 9.13 Å². The van der Waals surface area contributed by atoms with Gasteiger partial charge in [-0.15, -0.1) is 0 Å². The predicted molar refractivity (Wildman–Crippen MR) is 354 cm³/mol. The van der Waals surface area contributed by atoms with Crippen molar-refractivity contribution in [2.75, 3.05) is 39.6 Å². The van der Waals surface area contributed by atoms with Gasteiger partial charge < -0.3 is 33.8 Å². The normalized spacial score (nSPS) is 14.4. The molecule has 0 radical (unpaired) electrons. The van der Waals surface area contributed by atoms with E-state index in [2.05, 4.69) is 34.6 Å². The Bertz CT molecular complexity index is 1710. The van der Waals surface area contributed by atoms with Gasteiger partial charge >= 0.3 is 39.5 Å². The SMILES string of the molecule is CCCCCCCCCCCCCCCCC(=O)OC[C@H](COP(=O)(O)OC[C@@H](O)COP(=O)(O)OC[C@@H](COC(=O)CCCCCCCCC)OC(=O)CCCCCCCCCCC)OC(=O)CCCCCCCCCCCCCCCCC(C)CC. The fourth-order valence-electron chi connectivity index (χ4n) is 10.4. The molecule has 0 bridgehead atoms. The van der Waals surface area contributed by atoms with E-state index in [1.54, 1.807) is 0 Å². The molecule has 0 aliphatic rings. The Hall–Kier alpha value is -1.94. The van der Waals surface area contributed by atoms with E-state index in [0.717, 1.165) is 109 Å². The number of phosphoric acid groups is 2. The Morgan fingerprint density at radius 1 is 0.318 bits per heavy atom. The molecule has 19 heteroatoms. The van der Waals surface area contributed by atoms with Crippen LogP contribution in [0.1, 0.15) is 356 Å². The maximum absolute atomic E-state index is 13.0. The quantitative estimate of drug-likeness (QED) is 0.0222. The summed E-state index contributed by atoms with van der Waals surface area (Å²) >= 11 is 0. The molecule has 0 aliphatic heterocycles. The van der Waals surface area contributed by atoms with Gasteiger partial charge in [0.2, 0.25) is 0 Å². The van der Waals surface area contributed by atoms with Crippen molar-refractivity contribution in [1.82, 2.24) is 0 Å². The molecule has 0 fully saturated rings. The number of esters is 4. The van der Waals surface area contributed by atoms with Crippen molar-refractivity contribution >= 4 is 39.5 Å². The zero-order valence-electron chi connectivity index (χ0n) is 56.9. The zero-order valence-corrected chi connectivity index (χ0v) is 58.6. The number of phosphoric ester groups is 2. The van der Waals surface area contributed by atoms with Crippen LogP contribution in [0.3, 0.4) is 0 Å². The van der Waals surface area contributed by atoms with E-state index < -0.39 is 97.5 Å². The number of aliphatic hydroxyl groups excluding tert-OH is 1. The van der Waals surface area contributed by atoms with E-state index in [1.807, 2.05) is 0 Å². The smallest absolute Gasteiger partial charge is 0.462 e. The summed E-state index contributed by atoms with van der Waals surface area (Å²) in [5, 5.41) is 10.6. The van der Waals surface area contributed by atoms with Crippen LogP contribution in [0, 0.1) is 5.92 Å². The molecule has 0 heterocycles. The molecule has 522 valence electrons. The Morgan fingerprint density at radius 3 is 0.807 bits per heavy atom. The topological polar surface area (TPSA) is 237 Å². The van der Waals surface area contributed by atoms with Gasteiger partial charge in [-0.1, -0.05) is 304 Å². The second kappa shape index (κ2) is 62.5. The molecule has 0 aliphatic carbocycles. The fraction of sp³-hybridized carbons (Fsp3) is 0.942. The Labute approximate surface area is 537 Å². The molecular weight excluding hydrogens is 1160 g/mol. The Kier molecular flexibility index (Phi) is 61.1. The second-order valence-corrected chi connectivity index (χ2v) is 28.1. The summed E-state index contributed by atoms with van der Waals surface area (Å²) in [6.07, 6.45) is 48.6. The summed E-state index contributed by atoms with van der Waals surface area (Å²) in [6.45, 7) is 7.24. The number of ether oxygens (including phenoxy) is 4.